The first-order valence-corrected chi connectivity index (χ1v) is 48.1. The first kappa shape index (κ1) is 117. The molecule has 1 saturated heterocycles. The van der Waals surface area contributed by atoms with Crippen molar-refractivity contribution in [2.75, 3.05) is 112 Å². The number of methoxy groups -OCH3 is 3. The SMILES string of the molecule is CCC(CO)OC(CO)OC.CCC(CO)OC(COC(=O)CCCC(=O)O)OC.CCCC(=O)OCN(C(=O)[C@@H](NC(=O)[C@H]1CCCCN1C)[C@H](C)CC)[C@H](C[C@@H](OC(C)=O)c1nc(C(=O)C[C@@H](Cc2ccc(O)cc2)C[C@H](C)C(=O)NCC(=O)OCCSSCCCCCCCCCCCNC(=O)CCCC(=O)OCC(OC)OC(CC)CO)cs1)C(C)C. The average molecular weight is 1850 g/mol. The number of carbonyl (C=O) groups is 11. The minimum atomic E-state index is -1.02. The number of aliphatic hydroxyl groups excluding tert-OH is 4. The first-order valence-electron chi connectivity index (χ1n) is 44.7. The highest BCUT2D eigenvalue weighted by Gasteiger charge is 2.40. The number of ketones is 1. The van der Waals surface area contributed by atoms with Gasteiger partial charge >= 0.3 is 35.8 Å². The Morgan fingerprint density at radius 2 is 1.17 bits per heavy atom. The van der Waals surface area contributed by atoms with Crippen molar-refractivity contribution in [3.8, 4) is 5.75 Å². The number of benzene rings is 1. The van der Waals surface area contributed by atoms with Gasteiger partial charge in [0.05, 0.1) is 50.8 Å². The molecule has 34 nitrogen and oxygen atoms in total. The first-order chi connectivity index (χ1) is 60.3. The number of Topliss-reactive ketones (excluding diaryl/α,β-unsaturated/α-hetero) is 1. The third kappa shape index (κ3) is 53.4. The monoisotopic (exact) mass is 1850 g/mol. The van der Waals surface area contributed by atoms with Crippen LogP contribution >= 0.6 is 32.9 Å². The third-order valence-corrected chi connectivity index (χ3v) is 24.3. The Labute approximate surface area is 758 Å². The molecule has 9 N–H and O–H groups in total. The number of hydrogen-bond acceptors (Lipinski definition) is 32. The van der Waals surface area contributed by atoms with Gasteiger partial charge in [-0.3, -0.25) is 57.6 Å². The van der Waals surface area contributed by atoms with Gasteiger partial charge in [-0.05, 0) is 126 Å². The summed E-state index contributed by atoms with van der Waals surface area (Å²) < 4.78 is 58.1. The molecule has 0 spiro atoms. The summed E-state index contributed by atoms with van der Waals surface area (Å²) in [6.45, 7) is 18.3. The van der Waals surface area contributed by atoms with Crippen molar-refractivity contribution < 1.29 is 135 Å². The van der Waals surface area contributed by atoms with E-state index in [1.165, 1.54) is 52.4 Å². The number of likely N-dealkylation sites (N-methyl/N-ethyl adjacent to an activating group) is 1. The predicted octanol–water partition coefficient (Wildman–Crippen LogP) is 10.9. The second-order valence-electron chi connectivity index (χ2n) is 31.6. The Morgan fingerprint density at radius 3 is 1.68 bits per heavy atom. The molecule has 126 heavy (non-hydrogen) atoms. The smallest absolute Gasteiger partial charge is 0.325 e. The molecular formula is C89H152N6O28S3. The molecule has 1 aliphatic rings. The van der Waals surface area contributed by atoms with E-state index in [1.54, 1.807) is 58.2 Å². The van der Waals surface area contributed by atoms with Gasteiger partial charge in [-0.1, -0.05) is 154 Å². The number of esters is 5. The summed E-state index contributed by atoms with van der Waals surface area (Å²) in [7, 11) is 9.59. The number of amides is 4. The quantitative estimate of drug-likeness (QED) is 0.00742. The number of aliphatic hydroxyl groups is 4. The fourth-order valence-electron chi connectivity index (χ4n) is 13.1. The number of piperidine rings is 1. The maximum Gasteiger partial charge on any atom is 0.325 e. The van der Waals surface area contributed by atoms with E-state index < -0.39 is 104 Å². The standard InChI is InChI=1S/C70H114N6O17S3.C12H22O7.C7H16O4/c1-11-26-62(82)91-47-76(70(87)66(49(6)12-2)74-68(86)57-27-21-23-35-75(57)9)58(48(4)5)42-60(92-51(8)78)69-73-56(46-94-69)59(80)41-53(40-52-30-32-54(79)33-31-52)39-50(7)67(85)72-43-64(84)89-36-38-96-95-37-24-20-18-16-14-15-17-19-22-34-71-61(81)28-25-29-63(83)90-45-65(88-10)93-55(13-3)44-77;1-3-9(7-13)19-12(17-2)8-18-11(16)6-4-5-10(14)15;1-3-6(4-8)11-7(5-9)10-2/h30-33,46,48-50,53,55,57-58,60,65-66,77,79H,11-29,34-45,47H2,1-10H3,(H,71,81)(H,72,85)(H,74,86);9,12-13H,3-8H2,1-2H3,(H,14,15);6-9H,3-5H2,1-2H3/t49-,50+,53-,55?,57-,58-,60-,65?,66+;;/m1../s1. The molecule has 0 aliphatic carbocycles. The molecule has 2 heterocycles. The number of nitrogens with one attached hydrogen (secondary N) is 3. The van der Waals surface area contributed by atoms with Crippen LogP contribution in [0.5, 0.6) is 5.75 Å². The third-order valence-electron chi connectivity index (χ3n) is 20.9. The van der Waals surface area contributed by atoms with Gasteiger partial charge in [0.15, 0.2) is 37.5 Å². The molecule has 13 atom stereocenters. The highest BCUT2D eigenvalue weighted by Crippen LogP contribution is 2.34. The van der Waals surface area contributed by atoms with Crippen molar-refractivity contribution in [2.24, 2.45) is 23.7 Å². The Morgan fingerprint density at radius 1 is 0.619 bits per heavy atom. The molecule has 1 fully saturated rings. The van der Waals surface area contributed by atoms with Gasteiger partial charge in [0, 0.05) is 109 Å². The van der Waals surface area contributed by atoms with Crippen molar-refractivity contribution in [1.29, 1.82) is 0 Å². The number of aromatic hydroxyl groups is 1. The molecule has 37 heteroatoms. The summed E-state index contributed by atoms with van der Waals surface area (Å²) in [5, 5.41) is 64.7. The van der Waals surface area contributed by atoms with Crippen LogP contribution in [0.15, 0.2) is 29.6 Å². The lowest BCUT2D eigenvalue weighted by atomic mass is 9.85. The highest BCUT2D eigenvalue weighted by molar-refractivity contribution is 8.76. The van der Waals surface area contributed by atoms with Crippen LogP contribution in [-0.4, -0.2) is 278 Å². The van der Waals surface area contributed by atoms with Crippen molar-refractivity contribution in [2.45, 2.75) is 310 Å². The number of carbonyl (C=O) groups excluding carboxylic acids is 10. The van der Waals surface area contributed by atoms with E-state index in [9.17, 15) is 63.0 Å². The number of carboxylic acid groups (broad SMARTS) is 1. The van der Waals surface area contributed by atoms with Crippen LogP contribution < -0.4 is 16.0 Å². The van der Waals surface area contributed by atoms with Gasteiger partial charge in [-0.15, -0.1) is 11.3 Å². The summed E-state index contributed by atoms with van der Waals surface area (Å²) in [4.78, 5) is 149. The van der Waals surface area contributed by atoms with Crippen LogP contribution in [0, 0.1) is 23.7 Å². The van der Waals surface area contributed by atoms with Gasteiger partial charge in [-0.2, -0.15) is 0 Å². The molecule has 0 bridgehead atoms. The second-order valence-corrected chi connectivity index (χ2v) is 35.2. The lowest BCUT2D eigenvalue weighted by Crippen LogP contribution is -2.59. The van der Waals surface area contributed by atoms with E-state index in [2.05, 4.69) is 16.0 Å². The van der Waals surface area contributed by atoms with Crippen molar-refractivity contribution in [3.05, 3.63) is 45.9 Å². The van der Waals surface area contributed by atoms with E-state index in [4.69, 9.17) is 77.5 Å². The van der Waals surface area contributed by atoms with E-state index in [1.807, 2.05) is 67.3 Å². The van der Waals surface area contributed by atoms with Crippen LogP contribution in [0.3, 0.4) is 0 Å². The number of rotatable bonds is 69. The molecular weight excluding hydrogens is 1700 g/mol. The molecule has 0 radical (unpaired) electrons. The average Bonchev–Trinajstić information content (AvgIpc) is 1.28. The Balaban J connectivity index is 0.00000222. The molecule has 4 amide bonds. The molecule has 0 saturated carbocycles. The molecule has 1 aromatic carbocycles. The number of likely N-dealkylation sites (tertiary alicyclic amines) is 1. The highest BCUT2D eigenvalue weighted by atomic mass is 33.1. The normalized spacial score (nSPS) is 15.6. The number of hydrogen-bond donors (Lipinski definition) is 9. The molecule has 1 aromatic heterocycles. The minimum absolute atomic E-state index is 0.0137. The topological polar surface area (TPSA) is 466 Å². The van der Waals surface area contributed by atoms with Crippen molar-refractivity contribution in [3.63, 3.8) is 0 Å². The summed E-state index contributed by atoms with van der Waals surface area (Å²) in [5.74, 6) is -4.87. The van der Waals surface area contributed by atoms with Crippen LogP contribution in [0.4, 0.5) is 0 Å². The molecule has 724 valence electrons. The molecule has 6 unspecified atom stereocenters. The number of phenolic OH excluding ortho intramolecular Hbond substituents is 1. The zero-order chi connectivity index (χ0) is 94.2. The van der Waals surface area contributed by atoms with Crippen LogP contribution in [0.25, 0.3) is 0 Å². The van der Waals surface area contributed by atoms with Gasteiger partial charge in [0.1, 0.15) is 48.9 Å². The number of phenols is 1. The Hall–Kier alpha value is -6.72. The van der Waals surface area contributed by atoms with E-state index in [0.29, 0.717) is 68.7 Å². The van der Waals surface area contributed by atoms with Crippen LogP contribution in [0.2, 0.25) is 0 Å². The van der Waals surface area contributed by atoms with E-state index in [0.717, 1.165) is 80.6 Å². The van der Waals surface area contributed by atoms with Crippen LogP contribution in [-0.2, 0) is 106 Å². The van der Waals surface area contributed by atoms with Gasteiger partial charge in [0.25, 0.3) is 0 Å². The van der Waals surface area contributed by atoms with Gasteiger partial charge in [0.2, 0.25) is 23.6 Å². The van der Waals surface area contributed by atoms with Crippen molar-refractivity contribution in [1.82, 2.24) is 30.7 Å². The van der Waals surface area contributed by atoms with Crippen LogP contribution in [0.1, 0.15) is 270 Å². The maximum absolute atomic E-state index is 15.0. The summed E-state index contributed by atoms with van der Waals surface area (Å²) >= 11 is 1.13. The predicted molar refractivity (Wildman–Crippen MR) is 479 cm³/mol. The molecule has 2 aromatic rings. The molecule has 3 rings (SSSR count). The minimum Gasteiger partial charge on any atom is -0.508 e. The molecule has 1 aliphatic heterocycles. The number of aliphatic carboxylic acids is 1. The Kier molecular flexibility index (Phi) is 67.1. The number of carboxylic acids is 1. The largest absolute Gasteiger partial charge is 0.508 e. The number of ether oxygens (including phenoxy) is 11. The zero-order valence-electron chi connectivity index (χ0n) is 77.2. The number of nitrogens with zero attached hydrogens (tertiary/aromatic N) is 3. The van der Waals surface area contributed by atoms with Gasteiger partial charge in [-0.25, -0.2) is 4.98 Å². The summed E-state index contributed by atoms with van der Waals surface area (Å²) in [5.41, 5.74) is 0.961. The fraction of sp³-hybridized carbons (Fsp3) is 0.775. The van der Waals surface area contributed by atoms with Gasteiger partial charge < -0.3 is 104 Å². The Bertz CT molecular complexity index is 3300. The van der Waals surface area contributed by atoms with E-state index in [-0.39, 0.29) is 175 Å². The summed E-state index contributed by atoms with van der Waals surface area (Å²) in [6, 6.07) is 4.57. The number of thiazole rings is 1. The summed E-state index contributed by atoms with van der Waals surface area (Å²) in [6.07, 6.45) is 13.2. The zero-order valence-corrected chi connectivity index (χ0v) is 79.6. The fourth-order valence-corrected chi connectivity index (χ4v) is 15.9. The van der Waals surface area contributed by atoms with Crippen molar-refractivity contribution >= 4 is 98.2 Å². The lowest BCUT2D eigenvalue weighted by molar-refractivity contribution is -0.194. The lowest BCUT2D eigenvalue weighted by Gasteiger charge is -2.39. The van der Waals surface area contributed by atoms with E-state index >= 15 is 0 Å². The number of aromatic nitrogens is 1. The maximum atomic E-state index is 15.0. The second kappa shape index (κ2) is 72.0. The number of unbranched alkanes of at least 4 members (excludes halogenated alkanes) is 8.